The number of hydrogen-bond donors (Lipinski definition) is 2. The zero-order valence-corrected chi connectivity index (χ0v) is 12.3. The normalized spacial score (nSPS) is 10.1. The molecule has 2 rings (SSSR count). The molecule has 0 fully saturated rings. The third-order valence-corrected chi connectivity index (χ3v) is 3.36. The van der Waals surface area contributed by atoms with Gasteiger partial charge in [-0.25, -0.2) is 4.39 Å². The van der Waals surface area contributed by atoms with E-state index in [1.54, 1.807) is 12.1 Å². The van der Waals surface area contributed by atoms with Crippen molar-refractivity contribution in [1.29, 1.82) is 0 Å². The molecular weight excluding hydrogens is 323 g/mol. The molecule has 104 valence electrons. The van der Waals surface area contributed by atoms with Gasteiger partial charge in [0.05, 0.1) is 5.69 Å². The molecule has 0 aliphatic heterocycles. The molecule has 0 aliphatic rings. The molecule has 2 aromatic carbocycles. The van der Waals surface area contributed by atoms with E-state index in [2.05, 4.69) is 26.6 Å². The Balaban J connectivity index is 1.78. The van der Waals surface area contributed by atoms with Gasteiger partial charge in [0.15, 0.2) is 0 Å². The summed E-state index contributed by atoms with van der Waals surface area (Å²) < 4.78 is 13.6. The lowest BCUT2D eigenvalue weighted by atomic mass is 10.3. The third-order valence-electron chi connectivity index (χ3n) is 2.67. The summed E-state index contributed by atoms with van der Waals surface area (Å²) in [6, 6.07) is 13.5. The van der Waals surface area contributed by atoms with E-state index in [0.717, 1.165) is 15.8 Å². The number of nitrogens with one attached hydrogen (secondary N) is 2. The number of carbonyl (C=O) groups is 1. The van der Waals surface area contributed by atoms with Crippen molar-refractivity contribution in [2.24, 2.45) is 0 Å². The van der Waals surface area contributed by atoms with Gasteiger partial charge in [0.1, 0.15) is 5.82 Å². The van der Waals surface area contributed by atoms with E-state index in [-0.39, 0.29) is 11.7 Å². The van der Waals surface area contributed by atoms with E-state index >= 15 is 0 Å². The lowest BCUT2D eigenvalue weighted by Gasteiger charge is -2.08. The Morgan fingerprint density at radius 2 is 1.80 bits per heavy atom. The molecule has 20 heavy (non-hydrogen) atoms. The molecule has 0 radical (unpaired) electrons. The van der Waals surface area contributed by atoms with Gasteiger partial charge in [-0.1, -0.05) is 12.1 Å². The Hall–Kier alpha value is -1.88. The van der Waals surface area contributed by atoms with Gasteiger partial charge in [0, 0.05) is 23.1 Å². The smallest absolute Gasteiger partial charge is 0.226 e. The van der Waals surface area contributed by atoms with Crippen molar-refractivity contribution in [3.8, 4) is 0 Å². The summed E-state index contributed by atoms with van der Waals surface area (Å²) in [6.07, 6.45) is 0.332. The molecule has 2 aromatic rings. The lowest BCUT2D eigenvalue weighted by molar-refractivity contribution is -0.115. The minimum absolute atomic E-state index is 0.0773. The zero-order chi connectivity index (χ0) is 14.4. The van der Waals surface area contributed by atoms with E-state index in [4.69, 9.17) is 0 Å². The fourth-order valence-corrected chi connectivity index (χ4v) is 2.05. The number of rotatable bonds is 5. The summed E-state index contributed by atoms with van der Waals surface area (Å²) in [7, 11) is 0. The summed E-state index contributed by atoms with van der Waals surface area (Å²) in [4.78, 5) is 11.8. The van der Waals surface area contributed by atoms with Crippen LogP contribution in [0.25, 0.3) is 0 Å². The van der Waals surface area contributed by atoms with Crippen LogP contribution in [0, 0.1) is 5.82 Å². The predicted octanol–water partition coefficient (Wildman–Crippen LogP) is 4.03. The maximum absolute atomic E-state index is 12.7. The predicted molar refractivity (Wildman–Crippen MR) is 82.3 cm³/mol. The van der Waals surface area contributed by atoms with Crippen molar-refractivity contribution < 1.29 is 9.18 Å². The quantitative estimate of drug-likeness (QED) is 0.865. The minimum Gasteiger partial charge on any atom is -0.385 e. The van der Waals surface area contributed by atoms with Crippen LogP contribution >= 0.6 is 15.9 Å². The first-order chi connectivity index (χ1) is 9.65. The minimum atomic E-state index is -0.276. The number of para-hydroxylation sites is 1. The average molecular weight is 337 g/mol. The molecule has 0 heterocycles. The number of halogens is 2. The Morgan fingerprint density at radius 3 is 2.50 bits per heavy atom. The molecule has 1 amide bonds. The van der Waals surface area contributed by atoms with Gasteiger partial charge in [-0.15, -0.1) is 0 Å². The molecule has 0 unspecified atom stereocenters. The van der Waals surface area contributed by atoms with Crippen LogP contribution in [0.5, 0.6) is 0 Å². The molecule has 0 saturated heterocycles. The summed E-state index contributed by atoms with van der Waals surface area (Å²) in [6.45, 7) is 0.488. The van der Waals surface area contributed by atoms with Crippen LogP contribution in [-0.2, 0) is 4.79 Å². The van der Waals surface area contributed by atoms with Crippen LogP contribution < -0.4 is 10.6 Å². The molecule has 0 saturated carbocycles. The molecule has 0 atom stereocenters. The monoisotopic (exact) mass is 336 g/mol. The van der Waals surface area contributed by atoms with Crippen molar-refractivity contribution in [3.63, 3.8) is 0 Å². The molecule has 0 spiro atoms. The second-order valence-corrected chi connectivity index (χ2v) is 5.07. The summed E-state index contributed by atoms with van der Waals surface area (Å²) in [5.74, 6) is -0.353. The van der Waals surface area contributed by atoms with Crippen LogP contribution in [0.4, 0.5) is 15.8 Å². The number of hydrogen-bond acceptors (Lipinski definition) is 2. The van der Waals surface area contributed by atoms with Crippen LogP contribution in [0.2, 0.25) is 0 Å². The van der Waals surface area contributed by atoms with E-state index in [0.29, 0.717) is 13.0 Å². The number of benzene rings is 2. The van der Waals surface area contributed by atoms with Crippen LogP contribution in [0.15, 0.2) is 53.0 Å². The zero-order valence-electron chi connectivity index (χ0n) is 10.7. The van der Waals surface area contributed by atoms with E-state index in [1.165, 1.54) is 12.1 Å². The van der Waals surface area contributed by atoms with Gasteiger partial charge in [-0.05, 0) is 52.3 Å². The Morgan fingerprint density at radius 1 is 1.10 bits per heavy atom. The standard InChI is InChI=1S/C15H14BrFN2O/c16-13-3-1-2-4-14(13)19-15(20)9-10-18-12-7-5-11(17)6-8-12/h1-8,18H,9-10H2,(H,19,20). The van der Waals surface area contributed by atoms with E-state index in [1.807, 2.05) is 24.3 Å². The number of amides is 1. The maximum Gasteiger partial charge on any atom is 0.226 e. The molecule has 3 nitrogen and oxygen atoms in total. The highest BCUT2D eigenvalue weighted by Crippen LogP contribution is 2.21. The fraction of sp³-hybridized carbons (Fsp3) is 0.133. The van der Waals surface area contributed by atoms with E-state index < -0.39 is 0 Å². The second-order valence-electron chi connectivity index (χ2n) is 4.21. The molecular formula is C15H14BrFN2O. The Labute approximate surface area is 125 Å². The number of anilines is 2. The van der Waals surface area contributed by atoms with Gasteiger partial charge in [0.25, 0.3) is 0 Å². The van der Waals surface area contributed by atoms with Crippen molar-refractivity contribution in [2.45, 2.75) is 6.42 Å². The molecule has 0 bridgehead atoms. The third kappa shape index (κ3) is 4.35. The molecule has 2 N–H and O–H groups in total. The largest absolute Gasteiger partial charge is 0.385 e. The van der Waals surface area contributed by atoms with Gasteiger partial charge < -0.3 is 10.6 Å². The van der Waals surface area contributed by atoms with Gasteiger partial charge in [-0.3, -0.25) is 4.79 Å². The first kappa shape index (κ1) is 14.5. The topological polar surface area (TPSA) is 41.1 Å². The molecule has 5 heteroatoms. The van der Waals surface area contributed by atoms with Gasteiger partial charge in [-0.2, -0.15) is 0 Å². The first-order valence-electron chi connectivity index (χ1n) is 6.19. The second kappa shape index (κ2) is 7.05. The molecule has 0 aliphatic carbocycles. The summed E-state index contributed by atoms with van der Waals surface area (Å²) in [5.41, 5.74) is 1.54. The Bertz CT molecular complexity index is 587. The first-order valence-corrected chi connectivity index (χ1v) is 6.98. The highest BCUT2D eigenvalue weighted by molar-refractivity contribution is 9.10. The lowest BCUT2D eigenvalue weighted by Crippen LogP contribution is -2.16. The maximum atomic E-state index is 12.7. The van der Waals surface area contributed by atoms with E-state index in [9.17, 15) is 9.18 Å². The highest BCUT2D eigenvalue weighted by atomic mass is 79.9. The van der Waals surface area contributed by atoms with Gasteiger partial charge in [0.2, 0.25) is 5.91 Å². The van der Waals surface area contributed by atoms with Crippen molar-refractivity contribution >= 4 is 33.2 Å². The van der Waals surface area contributed by atoms with Crippen molar-refractivity contribution in [2.75, 3.05) is 17.2 Å². The fourth-order valence-electron chi connectivity index (χ4n) is 1.66. The Kier molecular flexibility index (Phi) is 5.12. The van der Waals surface area contributed by atoms with Crippen LogP contribution in [0.3, 0.4) is 0 Å². The SMILES string of the molecule is O=C(CCNc1ccc(F)cc1)Nc1ccccc1Br. The van der Waals surface area contributed by atoms with Gasteiger partial charge >= 0.3 is 0 Å². The van der Waals surface area contributed by atoms with Crippen molar-refractivity contribution in [1.82, 2.24) is 0 Å². The highest BCUT2D eigenvalue weighted by Gasteiger charge is 2.04. The molecule has 0 aromatic heterocycles. The van der Waals surface area contributed by atoms with Crippen LogP contribution in [0.1, 0.15) is 6.42 Å². The van der Waals surface area contributed by atoms with Crippen LogP contribution in [-0.4, -0.2) is 12.5 Å². The number of carbonyl (C=O) groups excluding carboxylic acids is 1. The average Bonchev–Trinajstić information content (AvgIpc) is 2.44. The summed E-state index contributed by atoms with van der Waals surface area (Å²) >= 11 is 3.37. The van der Waals surface area contributed by atoms with Crippen molar-refractivity contribution in [3.05, 3.63) is 58.8 Å². The summed E-state index contributed by atoms with van der Waals surface area (Å²) in [5, 5.41) is 5.88.